The third-order valence-corrected chi connectivity index (χ3v) is 1.86. The van der Waals surface area contributed by atoms with Crippen LogP contribution >= 0.6 is 0 Å². The minimum atomic E-state index is 0.744. The molecule has 0 atom stereocenters. The summed E-state index contributed by atoms with van der Waals surface area (Å²) in [6.07, 6.45) is 12.9. The van der Waals surface area contributed by atoms with Crippen LogP contribution < -0.4 is 0 Å². The number of hydrogen-bond donors (Lipinski definition) is 0. The van der Waals surface area contributed by atoms with Crippen LogP contribution in [0.2, 0.25) is 0 Å². The Hall–Kier alpha value is -0.920. The van der Waals surface area contributed by atoms with Gasteiger partial charge >= 0.3 is 0 Å². The van der Waals surface area contributed by atoms with Gasteiger partial charge in [0.2, 0.25) is 0 Å². The van der Waals surface area contributed by atoms with E-state index in [1.807, 2.05) is 6.08 Å². The lowest BCUT2D eigenvalue weighted by atomic mass is 10.2. The smallest absolute Gasteiger partial charge is 0.142 e. The molecule has 2 nitrogen and oxygen atoms in total. The van der Waals surface area contributed by atoms with Gasteiger partial charge in [-0.25, -0.2) is 0 Å². The third kappa shape index (κ3) is 24.6. The molecule has 0 aliphatic rings. The zero-order chi connectivity index (χ0) is 11.8. The molecule has 0 aliphatic carbocycles. The number of allylic oxidation sites excluding steroid dienone is 2. The van der Waals surface area contributed by atoms with E-state index in [1.54, 1.807) is 6.08 Å². The van der Waals surface area contributed by atoms with E-state index >= 15 is 0 Å². The van der Waals surface area contributed by atoms with Gasteiger partial charge in [0, 0.05) is 6.42 Å². The second-order valence-corrected chi connectivity index (χ2v) is 3.37. The molecule has 15 heavy (non-hydrogen) atoms. The number of carbonyl (C=O) groups is 2. The fourth-order valence-corrected chi connectivity index (χ4v) is 0.951. The van der Waals surface area contributed by atoms with Gasteiger partial charge in [0.25, 0.3) is 0 Å². The quantitative estimate of drug-likeness (QED) is 0.349. The summed E-state index contributed by atoms with van der Waals surface area (Å²) in [5.74, 6) is 0. The van der Waals surface area contributed by atoms with Crippen LogP contribution in [0, 0.1) is 0 Å². The zero-order valence-corrected chi connectivity index (χ0v) is 10.1. The molecule has 0 amide bonds. The minimum absolute atomic E-state index is 0.744. The predicted molar refractivity (Wildman–Crippen MR) is 64.9 cm³/mol. The van der Waals surface area contributed by atoms with Crippen molar-refractivity contribution in [2.24, 2.45) is 0 Å². The Morgan fingerprint density at radius 2 is 1.53 bits per heavy atom. The van der Waals surface area contributed by atoms with Gasteiger partial charge in [0.15, 0.2) is 0 Å². The average Bonchev–Trinajstić information content (AvgIpc) is 2.26. The number of hydrogen-bond acceptors (Lipinski definition) is 2. The van der Waals surface area contributed by atoms with Crippen LogP contribution in [0.15, 0.2) is 12.2 Å². The first-order valence-electron chi connectivity index (χ1n) is 5.87. The molecule has 0 aliphatic heterocycles. The lowest BCUT2D eigenvalue weighted by Gasteiger charge is -1.85. The van der Waals surface area contributed by atoms with E-state index in [-0.39, 0.29) is 0 Å². The van der Waals surface area contributed by atoms with E-state index in [0.29, 0.717) is 0 Å². The van der Waals surface area contributed by atoms with Crippen molar-refractivity contribution in [3.63, 3.8) is 0 Å². The highest BCUT2D eigenvalue weighted by Gasteiger charge is 1.80. The van der Waals surface area contributed by atoms with Crippen LogP contribution in [0.4, 0.5) is 0 Å². The van der Waals surface area contributed by atoms with Crippen molar-refractivity contribution in [3.8, 4) is 0 Å². The summed E-state index contributed by atoms with van der Waals surface area (Å²) in [4.78, 5) is 19.4. The van der Waals surface area contributed by atoms with Crippen LogP contribution in [0.5, 0.6) is 0 Å². The van der Waals surface area contributed by atoms with Gasteiger partial charge in [0.05, 0.1) is 0 Å². The molecule has 0 N–H and O–H groups in total. The summed E-state index contributed by atoms with van der Waals surface area (Å²) >= 11 is 0. The van der Waals surface area contributed by atoms with Gasteiger partial charge < -0.3 is 4.79 Å². The highest BCUT2D eigenvalue weighted by molar-refractivity contribution is 5.64. The molecule has 0 saturated heterocycles. The van der Waals surface area contributed by atoms with Crippen molar-refractivity contribution in [2.45, 2.75) is 58.8 Å². The second-order valence-electron chi connectivity index (χ2n) is 3.37. The van der Waals surface area contributed by atoms with Gasteiger partial charge in [-0.2, -0.15) is 0 Å². The van der Waals surface area contributed by atoms with E-state index in [9.17, 15) is 9.59 Å². The second kappa shape index (κ2) is 18.8. The molecule has 0 spiro atoms. The van der Waals surface area contributed by atoms with E-state index in [1.165, 1.54) is 25.7 Å². The number of aldehydes is 2. The maximum Gasteiger partial charge on any atom is 0.142 e. The van der Waals surface area contributed by atoms with Gasteiger partial charge in [-0.3, -0.25) is 4.79 Å². The van der Waals surface area contributed by atoms with E-state index in [2.05, 4.69) is 13.8 Å². The average molecular weight is 212 g/mol. The molecule has 0 aromatic carbocycles. The molecule has 0 fully saturated rings. The first-order valence-corrected chi connectivity index (χ1v) is 5.87. The SMILES string of the molecule is CCCC/C=C/C=O.CCCCCC=O. The van der Waals surface area contributed by atoms with Crippen molar-refractivity contribution in [1.29, 1.82) is 0 Å². The maximum absolute atomic E-state index is 9.68. The molecule has 0 aromatic heterocycles. The Balaban J connectivity index is 0. The van der Waals surface area contributed by atoms with Crippen molar-refractivity contribution < 1.29 is 9.59 Å². The van der Waals surface area contributed by atoms with E-state index in [0.717, 1.165) is 31.8 Å². The molecule has 88 valence electrons. The summed E-state index contributed by atoms with van der Waals surface area (Å²) in [5, 5.41) is 0. The van der Waals surface area contributed by atoms with Gasteiger partial charge in [-0.1, -0.05) is 45.6 Å². The standard InChI is InChI=1S/C7H12O.C6H12O/c1-2-3-4-5-6-7-8;1-2-3-4-5-6-7/h5-7H,2-4H2,1H3;6H,2-5H2,1H3/b6-5+;. The molecular weight excluding hydrogens is 188 g/mol. The fraction of sp³-hybridized carbons (Fsp3) is 0.692. The van der Waals surface area contributed by atoms with Gasteiger partial charge in [0.1, 0.15) is 12.6 Å². The number of rotatable bonds is 8. The third-order valence-electron chi connectivity index (χ3n) is 1.86. The maximum atomic E-state index is 9.68. The summed E-state index contributed by atoms with van der Waals surface area (Å²) in [6, 6.07) is 0. The Morgan fingerprint density at radius 3 is 2.00 bits per heavy atom. The van der Waals surface area contributed by atoms with Gasteiger partial charge in [-0.05, 0) is 18.9 Å². The molecule has 0 aromatic rings. The van der Waals surface area contributed by atoms with Crippen molar-refractivity contribution in [2.75, 3.05) is 0 Å². The first-order chi connectivity index (χ1) is 7.33. The molecule has 0 radical (unpaired) electrons. The van der Waals surface area contributed by atoms with Crippen LogP contribution in [0.3, 0.4) is 0 Å². The van der Waals surface area contributed by atoms with Crippen LogP contribution in [-0.4, -0.2) is 12.6 Å². The minimum Gasteiger partial charge on any atom is -0.303 e. The van der Waals surface area contributed by atoms with Gasteiger partial charge in [-0.15, -0.1) is 0 Å². The molecule has 0 heterocycles. The number of unbranched alkanes of at least 4 members (excludes halogenated alkanes) is 5. The predicted octanol–water partition coefficient (Wildman–Crippen LogP) is 3.70. The lowest BCUT2D eigenvalue weighted by molar-refractivity contribution is -0.108. The monoisotopic (exact) mass is 212 g/mol. The fourth-order valence-electron chi connectivity index (χ4n) is 0.951. The summed E-state index contributed by atoms with van der Waals surface area (Å²) in [6.45, 7) is 4.26. The lowest BCUT2D eigenvalue weighted by Crippen LogP contribution is -1.73. The Morgan fingerprint density at radius 1 is 0.867 bits per heavy atom. The topological polar surface area (TPSA) is 34.1 Å². The van der Waals surface area contributed by atoms with Crippen LogP contribution in [-0.2, 0) is 9.59 Å². The van der Waals surface area contributed by atoms with Crippen molar-refractivity contribution >= 4 is 12.6 Å². The highest BCUT2D eigenvalue weighted by Crippen LogP contribution is 1.94. The molecule has 2 heteroatoms. The number of carbonyl (C=O) groups excluding carboxylic acids is 2. The summed E-state index contributed by atoms with van der Waals surface area (Å²) in [7, 11) is 0. The van der Waals surface area contributed by atoms with Crippen molar-refractivity contribution in [3.05, 3.63) is 12.2 Å². The Bertz CT molecular complexity index is 151. The van der Waals surface area contributed by atoms with E-state index in [4.69, 9.17) is 0 Å². The van der Waals surface area contributed by atoms with Crippen molar-refractivity contribution in [1.82, 2.24) is 0 Å². The van der Waals surface area contributed by atoms with Crippen LogP contribution in [0.1, 0.15) is 58.8 Å². The zero-order valence-electron chi connectivity index (χ0n) is 10.1. The Labute approximate surface area is 93.8 Å². The molecular formula is C13H24O2. The molecule has 0 unspecified atom stereocenters. The molecule has 0 saturated carbocycles. The normalized spacial score (nSPS) is 9.47. The van der Waals surface area contributed by atoms with Crippen LogP contribution in [0.25, 0.3) is 0 Å². The Kier molecular flexibility index (Phi) is 20.7. The van der Waals surface area contributed by atoms with E-state index < -0.39 is 0 Å². The summed E-state index contributed by atoms with van der Waals surface area (Å²) in [5.41, 5.74) is 0. The highest BCUT2D eigenvalue weighted by atomic mass is 16.1. The first kappa shape index (κ1) is 16.5. The molecule has 0 rings (SSSR count). The molecule has 0 bridgehead atoms. The summed E-state index contributed by atoms with van der Waals surface area (Å²) < 4.78 is 0. The largest absolute Gasteiger partial charge is 0.303 e.